The first kappa shape index (κ1) is 27.9. The van der Waals surface area contributed by atoms with E-state index in [0.29, 0.717) is 5.56 Å². The molecule has 0 saturated carbocycles. The van der Waals surface area contributed by atoms with Crippen LogP contribution in [0.4, 0.5) is 0 Å². The van der Waals surface area contributed by atoms with E-state index in [1.165, 1.54) is 0 Å². The van der Waals surface area contributed by atoms with Crippen molar-refractivity contribution in [2.24, 2.45) is 5.73 Å². The Morgan fingerprint density at radius 3 is 1.62 bits per heavy atom. The van der Waals surface area contributed by atoms with E-state index in [2.05, 4.69) is 4.72 Å². The molecule has 7 heteroatoms. The fourth-order valence-corrected chi connectivity index (χ4v) is 5.03. The van der Waals surface area contributed by atoms with Crippen molar-refractivity contribution >= 4 is 21.6 Å². The monoisotopic (exact) mass is 580 g/mol. The van der Waals surface area contributed by atoms with Gasteiger partial charge < -0.3 is 5.73 Å². The van der Waals surface area contributed by atoms with Gasteiger partial charge in [-0.2, -0.15) is 4.72 Å². The predicted molar refractivity (Wildman–Crippen MR) is 135 cm³/mol. The minimum Gasteiger partial charge on any atom is -0.321 e. The largest absolute Gasteiger partial charge is 0.321 e. The molecular formula is C27H27ClN2O2RuS. The van der Waals surface area contributed by atoms with Gasteiger partial charge in [0.05, 0.1) is 10.9 Å². The molecule has 0 unspecified atom stereocenters. The fraction of sp³-hybridized carbons (Fsp3) is 0.111. The zero-order valence-corrected chi connectivity index (χ0v) is 22.0. The van der Waals surface area contributed by atoms with Crippen LogP contribution in [0.5, 0.6) is 0 Å². The van der Waals surface area contributed by atoms with E-state index in [1.54, 1.807) is 48.5 Å². The van der Waals surface area contributed by atoms with Gasteiger partial charge in [0.2, 0.25) is 10.0 Å². The number of benzene rings is 4. The van der Waals surface area contributed by atoms with Crippen LogP contribution in [-0.4, -0.2) is 8.42 Å². The van der Waals surface area contributed by atoms with Gasteiger partial charge in [-0.1, -0.05) is 126 Å². The van der Waals surface area contributed by atoms with Crippen LogP contribution in [-0.2, 0) is 34.5 Å². The molecule has 0 aliphatic heterocycles. The van der Waals surface area contributed by atoms with Crippen LogP contribution in [0.1, 0.15) is 22.7 Å². The molecule has 0 fully saturated rings. The first-order chi connectivity index (χ1) is 15.8. The number of nitrogens with one attached hydrogen (secondary N) is 1. The van der Waals surface area contributed by atoms with Crippen molar-refractivity contribution in [3.8, 4) is 0 Å². The molecule has 0 radical (unpaired) electrons. The minimum atomic E-state index is -3.90. The smallest absolute Gasteiger partial charge is 0.242 e. The predicted octanol–water partition coefficient (Wildman–Crippen LogP) is 5.75. The number of rotatable bonds is 6. The Bertz CT molecular complexity index is 1200. The number of hydrogen-bond acceptors (Lipinski definition) is 3. The standard InChI is InChI=1S/C21H21ClN2O2S.C6H6.Ru/c1-16-12-14-19(15-13-16)27(25,26)24-21(22,18-10-6-3-7-11-18)20(23)17-8-4-2-5-9-17;1-2-4-6-5-3-1;/h2-15,20,24H,23H2,1H3;1-6H;/t20-,21-;;/m1../s1. The molecule has 2 atom stereocenters. The molecule has 4 aromatic rings. The molecular weight excluding hydrogens is 553 g/mol. The van der Waals surface area contributed by atoms with Crippen LogP contribution >= 0.6 is 11.6 Å². The molecule has 3 N–H and O–H groups in total. The summed E-state index contributed by atoms with van der Waals surface area (Å²) in [5.41, 5.74) is 8.72. The van der Waals surface area contributed by atoms with Crippen molar-refractivity contribution in [1.29, 1.82) is 0 Å². The van der Waals surface area contributed by atoms with Crippen molar-refractivity contribution in [1.82, 2.24) is 4.72 Å². The number of nitrogens with two attached hydrogens (primary N) is 1. The Morgan fingerprint density at radius 1 is 0.735 bits per heavy atom. The molecule has 0 heterocycles. The van der Waals surface area contributed by atoms with Crippen LogP contribution in [0, 0.1) is 6.92 Å². The van der Waals surface area contributed by atoms with Gasteiger partial charge in [0, 0.05) is 19.5 Å². The Morgan fingerprint density at radius 2 is 1.15 bits per heavy atom. The van der Waals surface area contributed by atoms with Crippen LogP contribution in [0.25, 0.3) is 0 Å². The Hall–Kier alpha value is -2.34. The van der Waals surface area contributed by atoms with Crippen LogP contribution in [0.15, 0.2) is 126 Å². The number of sulfonamides is 1. The summed E-state index contributed by atoms with van der Waals surface area (Å²) in [4.78, 5) is -1.42. The van der Waals surface area contributed by atoms with Crippen molar-refractivity contribution in [2.75, 3.05) is 0 Å². The summed E-state index contributed by atoms with van der Waals surface area (Å²) >= 11 is 6.90. The van der Waals surface area contributed by atoms with Gasteiger partial charge in [-0.3, -0.25) is 0 Å². The second-order valence-corrected chi connectivity index (χ2v) is 9.82. The van der Waals surface area contributed by atoms with E-state index in [1.807, 2.05) is 79.7 Å². The normalized spacial score (nSPS) is 13.4. The molecule has 0 aromatic heterocycles. The van der Waals surface area contributed by atoms with Gasteiger partial charge in [-0.15, -0.1) is 0 Å². The molecule has 0 aliphatic rings. The molecule has 4 nitrogen and oxygen atoms in total. The average Bonchev–Trinajstić information content (AvgIpc) is 2.86. The number of hydrogen-bond donors (Lipinski definition) is 2. The molecule has 0 saturated heterocycles. The number of halogens is 1. The van der Waals surface area contributed by atoms with E-state index in [0.717, 1.165) is 11.1 Å². The molecule has 0 spiro atoms. The molecule has 4 aromatic carbocycles. The summed E-state index contributed by atoms with van der Waals surface area (Å²) in [5.74, 6) is 0. The zero-order chi connectivity index (χ0) is 23.7. The minimum absolute atomic E-state index is 0. The second-order valence-electron chi connectivity index (χ2n) is 7.54. The molecule has 0 amide bonds. The van der Waals surface area contributed by atoms with Crippen LogP contribution in [0.3, 0.4) is 0 Å². The quantitative estimate of drug-likeness (QED) is 0.174. The fourth-order valence-electron chi connectivity index (χ4n) is 3.23. The van der Waals surface area contributed by atoms with Crippen LogP contribution < -0.4 is 10.5 Å². The van der Waals surface area contributed by atoms with Crippen molar-refractivity contribution in [3.05, 3.63) is 138 Å². The summed E-state index contributed by atoms with van der Waals surface area (Å²) in [5, 5.41) is 0. The Balaban J connectivity index is 0.000000508. The Labute approximate surface area is 220 Å². The summed E-state index contributed by atoms with van der Waals surface area (Å²) < 4.78 is 28.7. The average molecular weight is 580 g/mol. The van der Waals surface area contributed by atoms with E-state index in [-0.39, 0.29) is 24.4 Å². The number of alkyl halides is 1. The van der Waals surface area contributed by atoms with E-state index < -0.39 is 21.1 Å². The van der Waals surface area contributed by atoms with Gasteiger partial charge in [-0.05, 0) is 30.2 Å². The molecule has 34 heavy (non-hydrogen) atoms. The van der Waals surface area contributed by atoms with Gasteiger partial charge in [0.25, 0.3) is 0 Å². The summed E-state index contributed by atoms with van der Waals surface area (Å²) in [7, 11) is -3.90. The van der Waals surface area contributed by atoms with E-state index in [4.69, 9.17) is 17.3 Å². The maximum atomic E-state index is 13.0. The molecule has 0 bridgehead atoms. The SMILES string of the molecule is Cc1ccc(S(=O)(=O)N[C@](Cl)(c2ccccc2)[C@H](N)c2ccccc2)cc1.[Ru].c1ccccc1. The second kappa shape index (κ2) is 12.9. The maximum absolute atomic E-state index is 13.0. The Kier molecular flexibility index (Phi) is 10.6. The third-order valence-electron chi connectivity index (χ3n) is 5.06. The van der Waals surface area contributed by atoms with Gasteiger partial charge in [0.15, 0.2) is 5.00 Å². The van der Waals surface area contributed by atoms with Crippen molar-refractivity contribution < 1.29 is 27.9 Å². The number of aryl methyl sites for hydroxylation is 1. The van der Waals surface area contributed by atoms with Gasteiger partial charge in [-0.25, -0.2) is 8.42 Å². The molecule has 4 rings (SSSR count). The molecule has 178 valence electrons. The first-order valence-electron chi connectivity index (χ1n) is 10.5. The third-order valence-corrected chi connectivity index (χ3v) is 7.21. The maximum Gasteiger partial charge on any atom is 0.242 e. The summed E-state index contributed by atoms with van der Waals surface area (Å²) in [6, 6.07) is 35.9. The van der Waals surface area contributed by atoms with Crippen molar-refractivity contribution in [3.63, 3.8) is 0 Å². The van der Waals surface area contributed by atoms with Gasteiger partial charge >= 0.3 is 0 Å². The zero-order valence-electron chi connectivity index (χ0n) is 18.7. The first-order valence-corrected chi connectivity index (χ1v) is 12.3. The summed E-state index contributed by atoms with van der Waals surface area (Å²) in [6.07, 6.45) is 0. The van der Waals surface area contributed by atoms with E-state index in [9.17, 15) is 8.42 Å². The third kappa shape index (κ3) is 7.33. The van der Waals surface area contributed by atoms with Crippen molar-refractivity contribution in [2.45, 2.75) is 22.9 Å². The topological polar surface area (TPSA) is 72.2 Å². The van der Waals surface area contributed by atoms with Crippen LogP contribution in [0.2, 0.25) is 0 Å². The van der Waals surface area contributed by atoms with Gasteiger partial charge in [0.1, 0.15) is 0 Å². The summed E-state index contributed by atoms with van der Waals surface area (Å²) in [6.45, 7) is 1.89. The molecule has 0 aliphatic carbocycles. The van der Waals surface area contributed by atoms with E-state index >= 15 is 0 Å².